The Hall–Kier alpha value is -3.36. The van der Waals surface area contributed by atoms with E-state index in [1.165, 1.54) is 4.90 Å². The SMILES string of the molecule is O=C1C(c2ccccc2)=C(N2CCN(CCO)CC2)C(=O)N1Cc1ccc2c(c1)OCO2. The summed E-state index contributed by atoms with van der Waals surface area (Å²) in [7, 11) is 0. The van der Waals surface area contributed by atoms with Gasteiger partial charge in [0.2, 0.25) is 6.79 Å². The molecule has 0 aromatic heterocycles. The van der Waals surface area contributed by atoms with Crippen LogP contribution >= 0.6 is 0 Å². The van der Waals surface area contributed by atoms with Gasteiger partial charge in [-0.25, -0.2) is 0 Å². The normalized spacial score (nSPS) is 18.8. The molecule has 3 aliphatic rings. The van der Waals surface area contributed by atoms with E-state index in [0.717, 1.165) is 24.2 Å². The van der Waals surface area contributed by atoms with Crippen molar-refractivity contribution in [1.82, 2.24) is 14.7 Å². The van der Waals surface area contributed by atoms with Gasteiger partial charge in [0.05, 0.1) is 18.7 Å². The molecule has 2 aromatic rings. The molecule has 1 fully saturated rings. The second-order valence-electron chi connectivity index (χ2n) is 8.03. The highest BCUT2D eigenvalue weighted by molar-refractivity contribution is 6.35. The van der Waals surface area contributed by atoms with Gasteiger partial charge in [-0.05, 0) is 23.3 Å². The van der Waals surface area contributed by atoms with E-state index in [-0.39, 0.29) is 31.8 Å². The molecule has 0 saturated carbocycles. The summed E-state index contributed by atoms with van der Waals surface area (Å²) in [5.41, 5.74) is 2.46. The van der Waals surface area contributed by atoms with Crippen molar-refractivity contribution in [3.05, 3.63) is 65.4 Å². The smallest absolute Gasteiger partial charge is 0.278 e. The molecule has 2 amide bonds. The number of piperazine rings is 1. The summed E-state index contributed by atoms with van der Waals surface area (Å²) in [5.74, 6) is 0.726. The molecule has 166 valence electrons. The topological polar surface area (TPSA) is 82.6 Å². The summed E-state index contributed by atoms with van der Waals surface area (Å²) in [6, 6.07) is 14.8. The maximum Gasteiger partial charge on any atom is 0.278 e. The van der Waals surface area contributed by atoms with E-state index >= 15 is 0 Å². The summed E-state index contributed by atoms with van der Waals surface area (Å²) in [6.07, 6.45) is 0. The van der Waals surface area contributed by atoms with Crippen molar-refractivity contribution in [3.8, 4) is 11.5 Å². The van der Waals surface area contributed by atoms with Crippen LogP contribution in [0, 0.1) is 0 Å². The third-order valence-corrected chi connectivity index (χ3v) is 6.09. The van der Waals surface area contributed by atoms with Crippen LogP contribution in [0.25, 0.3) is 5.57 Å². The molecule has 1 saturated heterocycles. The number of ether oxygens (including phenoxy) is 2. The van der Waals surface area contributed by atoms with Crippen molar-refractivity contribution in [2.45, 2.75) is 6.54 Å². The lowest BCUT2D eigenvalue weighted by atomic mass is 10.0. The van der Waals surface area contributed by atoms with Gasteiger partial charge >= 0.3 is 0 Å². The Kier molecular flexibility index (Phi) is 5.55. The summed E-state index contributed by atoms with van der Waals surface area (Å²) < 4.78 is 10.8. The van der Waals surface area contributed by atoms with Crippen molar-refractivity contribution >= 4 is 17.4 Å². The number of benzene rings is 2. The first kappa shape index (κ1) is 20.5. The van der Waals surface area contributed by atoms with Crippen LogP contribution in [0.5, 0.6) is 11.5 Å². The Morgan fingerprint density at radius 3 is 2.38 bits per heavy atom. The van der Waals surface area contributed by atoms with E-state index in [2.05, 4.69) is 4.90 Å². The number of fused-ring (bicyclic) bond motifs is 1. The van der Waals surface area contributed by atoms with E-state index in [4.69, 9.17) is 9.47 Å². The van der Waals surface area contributed by atoms with Crippen molar-refractivity contribution in [1.29, 1.82) is 0 Å². The van der Waals surface area contributed by atoms with Crippen LogP contribution in [-0.4, -0.2) is 77.7 Å². The molecule has 0 radical (unpaired) electrons. The van der Waals surface area contributed by atoms with Gasteiger partial charge in [-0.2, -0.15) is 0 Å². The highest BCUT2D eigenvalue weighted by Gasteiger charge is 2.42. The summed E-state index contributed by atoms with van der Waals surface area (Å²) >= 11 is 0. The molecule has 0 unspecified atom stereocenters. The van der Waals surface area contributed by atoms with Crippen LogP contribution in [0.1, 0.15) is 11.1 Å². The van der Waals surface area contributed by atoms with Gasteiger partial charge in [0.15, 0.2) is 11.5 Å². The number of rotatable bonds is 6. The average Bonchev–Trinajstić information content (AvgIpc) is 3.38. The Bertz CT molecular complexity index is 1060. The number of aliphatic hydroxyl groups is 1. The predicted molar refractivity (Wildman–Crippen MR) is 117 cm³/mol. The van der Waals surface area contributed by atoms with Crippen LogP contribution in [0.3, 0.4) is 0 Å². The molecule has 2 aromatic carbocycles. The molecule has 0 spiro atoms. The molecule has 0 aliphatic carbocycles. The van der Waals surface area contributed by atoms with E-state index in [9.17, 15) is 14.7 Å². The van der Waals surface area contributed by atoms with Gasteiger partial charge in [-0.1, -0.05) is 36.4 Å². The second kappa shape index (κ2) is 8.64. The van der Waals surface area contributed by atoms with E-state index in [1.807, 2.05) is 47.4 Å². The van der Waals surface area contributed by atoms with Gasteiger partial charge in [-0.3, -0.25) is 19.4 Å². The standard InChI is InChI=1S/C24H25N3O5/c28-13-12-25-8-10-26(11-9-25)22-21(18-4-2-1-3-5-18)23(29)27(24(22)30)15-17-6-7-19-20(14-17)32-16-31-19/h1-7,14,28H,8-13,15-16H2. The lowest BCUT2D eigenvalue weighted by Crippen LogP contribution is -2.48. The number of amides is 2. The highest BCUT2D eigenvalue weighted by atomic mass is 16.7. The zero-order valence-corrected chi connectivity index (χ0v) is 17.7. The van der Waals surface area contributed by atoms with Crippen molar-refractivity contribution in [2.75, 3.05) is 46.1 Å². The number of β-amino-alcohol motifs (C(OH)–C–C–N with tert-alkyl or cyclic N) is 1. The third kappa shape index (κ3) is 3.72. The Labute approximate surface area is 186 Å². The molecule has 0 bridgehead atoms. The van der Waals surface area contributed by atoms with Gasteiger partial charge in [0, 0.05) is 32.7 Å². The number of aliphatic hydroxyl groups excluding tert-OH is 1. The molecular formula is C24H25N3O5. The van der Waals surface area contributed by atoms with Crippen LogP contribution in [0.2, 0.25) is 0 Å². The van der Waals surface area contributed by atoms with Crippen molar-refractivity contribution < 1.29 is 24.2 Å². The largest absolute Gasteiger partial charge is 0.454 e. The summed E-state index contributed by atoms with van der Waals surface area (Å²) in [5, 5.41) is 9.21. The summed E-state index contributed by atoms with van der Waals surface area (Å²) in [6.45, 7) is 3.78. The number of nitrogens with zero attached hydrogens (tertiary/aromatic N) is 3. The lowest BCUT2D eigenvalue weighted by Gasteiger charge is -2.36. The number of carbonyl (C=O) groups excluding carboxylic acids is 2. The first-order chi connectivity index (χ1) is 15.7. The molecular weight excluding hydrogens is 410 g/mol. The highest BCUT2D eigenvalue weighted by Crippen LogP contribution is 2.36. The average molecular weight is 435 g/mol. The fraction of sp³-hybridized carbons (Fsp3) is 0.333. The maximum absolute atomic E-state index is 13.5. The van der Waals surface area contributed by atoms with Crippen molar-refractivity contribution in [2.24, 2.45) is 0 Å². The molecule has 8 heteroatoms. The van der Waals surface area contributed by atoms with Crippen LogP contribution in [-0.2, 0) is 16.1 Å². The summed E-state index contributed by atoms with van der Waals surface area (Å²) in [4.78, 5) is 32.5. The first-order valence-corrected chi connectivity index (χ1v) is 10.8. The molecule has 8 nitrogen and oxygen atoms in total. The molecule has 3 aliphatic heterocycles. The molecule has 5 rings (SSSR count). The molecule has 32 heavy (non-hydrogen) atoms. The first-order valence-electron chi connectivity index (χ1n) is 10.8. The molecule has 1 N–H and O–H groups in total. The van der Waals surface area contributed by atoms with E-state index in [1.54, 1.807) is 6.07 Å². The monoisotopic (exact) mass is 435 g/mol. The minimum absolute atomic E-state index is 0.110. The fourth-order valence-corrected chi connectivity index (χ4v) is 4.42. The number of carbonyl (C=O) groups is 2. The molecule has 3 heterocycles. The predicted octanol–water partition coefficient (Wildman–Crippen LogP) is 1.31. The number of hydrogen-bond acceptors (Lipinski definition) is 7. The molecule has 0 atom stereocenters. The van der Waals surface area contributed by atoms with Gasteiger partial charge in [0.1, 0.15) is 5.70 Å². The van der Waals surface area contributed by atoms with Gasteiger partial charge in [0.25, 0.3) is 11.8 Å². The Morgan fingerprint density at radius 2 is 1.62 bits per heavy atom. The Morgan fingerprint density at radius 1 is 0.875 bits per heavy atom. The number of imide groups is 1. The fourth-order valence-electron chi connectivity index (χ4n) is 4.42. The third-order valence-electron chi connectivity index (χ3n) is 6.09. The van der Waals surface area contributed by atoms with Crippen molar-refractivity contribution in [3.63, 3.8) is 0 Å². The van der Waals surface area contributed by atoms with Crippen LogP contribution in [0.4, 0.5) is 0 Å². The van der Waals surface area contributed by atoms with Gasteiger partial charge in [-0.15, -0.1) is 0 Å². The number of hydrogen-bond donors (Lipinski definition) is 1. The minimum Gasteiger partial charge on any atom is -0.454 e. The zero-order chi connectivity index (χ0) is 22.1. The quantitative estimate of drug-likeness (QED) is 0.685. The second-order valence-corrected chi connectivity index (χ2v) is 8.03. The maximum atomic E-state index is 13.5. The van der Waals surface area contributed by atoms with E-state index in [0.29, 0.717) is 42.4 Å². The van der Waals surface area contributed by atoms with Crippen LogP contribution < -0.4 is 9.47 Å². The zero-order valence-electron chi connectivity index (χ0n) is 17.7. The van der Waals surface area contributed by atoms with Crippen LogP contribution in [0.15, 0.2) is 54.2 Å². The van der Waals surface area contributed by atoms with E-state index < -0.39 is 0 Å². The Balaban J connectivity index is 1.44. The van der Waals surface area contributed by atoms with Gasteiger partial charge < -0.3 is 19.5 Å². The minimum atomic E-state index is -0.286. The lowest BCUT2D eigenvalue weighted by molar-refractivity contribution is -0.138.